The summed E-state index contributed by atoms with van der Waals surface area (Å²) in [6.45, 7) is 36.0. The van der Waals surface area contributed by atoms with Gasteiger partial charge in [-0.3, -0.25) is 33.6 Å². The third-order valence-electron chi connectivity index (χ3n) is 27.0. The summed E-state index contributed by atoms with van der Waals surface area (Å²) in [6.07, 6.45) is 18.0. The topological polar surface area (TPSA) is 289 Å². The number of hydrogen-bond donors (Lipinski definition) is 4. The highest BCUT2D eigenvalue weighted by Crippen LogP contribution is 2.89. The van der Waals surface area contributed by atoms with Crippen LogP contribution in [0.1, 0.15) is 231 Å². The van der Waals surface area contributed by atoms with Crippen LogP contribution in [-0.2, 0) is 58.7 Å². The molecule has 11 fully saturated rings. The first kappa shape index (κ1) is 73.1. The Hall–Kier alpha value is -4.58. The number of nitrogens with two attached hydrogens (primary N) is 1. The normalized spacial score (nSPS) is 32.8. The molecular weight excluding hydrogens is 1250 g/mol. The number of carbonyl (C=O) groups is 8. The lowest BCUT2D eigenvalue weighted by Gasteiger charge is -2.37. The number of amides is 5. The van der Waals surface area contributed by atoms with Gasteiger partial charge in [-0.2, -0.15) is 25.4 Å². The standard InChI is InChI=1S/C43H68N4O8S.C29H46N4O5S/c1-10-29-24-41(29,36(51)45-56(53,54)46-21-14-15-22-46)26-33(49)31-25-43(40(8,9)42(43)19-16-20-42)27-47(31)35(50)30(38(2,3)4)23-32(48)34(28-17-12-11-13-18-28)44-37(52)55-39(5,6)7;1-7-19-15-27(19,24(36)31-39(37,38)32-13-8-9-14-32)17-21(34)20-16-29(26(5,6)28(29)11-10-12-28)18-33(20)23(35)22(30)25(2,3)4/h10,28-31,34H,1,11-27H2,2-9H3,(H,44,52)(H,45,51);7,19-20,22H,1,8-18,30H2,2-6H3,(H,31,36)/t29-,30-,31+,34+,41-,43-;19-,20+,22-,27-,29-/m11/s1. The first-order chi connectivity index (χ1) is 43.9. The molecule has 11 aliphatic rings. The van der Waals surface area contributed by atoms with Crippen LogP contribution in [0, 0.1) is 77.8 Å². The average Bonchev–Trinajstić information content (AvgIpc) is 1.46. The largest absolute Gasteiger partial charge is 0.444 e. The Labute approximate surface area is 566 Å². The average molecular weight is 1360 g/mol. The molecule has 7 aliphatic carbocycles. The molecule has 0 radical (unpaired) electrons. The maximum atomic E-state index is 15.2. The molecule has 532 valence electrons. The summed E-state index contributed by atoms with van der Waals surface area (Å²) < 4.78 is 64.8. The summed E-state index contributed by atoms with van der Waals surface area (Å²) in [5.41, 5.74) is 1.79. The molecule has 4 aliphatic heterocycles. The van der Waals surface area contributed by atoms with E-state index in [0.717, 1.165) is 96.3 Å². The van der Waals surface area contributed by atoms with E-state index in [1.54, 1.807) is 42.7 Å². The molecule has 4 spiro atoms. The van der Waals surface area contributed by atoms with Crippen molar-refractivity contribution >= 4 is 67.5 Å². The van der Waals surface area contributed by atoms with Crippen molar-refractivity contribution in [1.82, 2.24) is 33.2 Å². The molecular formula is C72H114N8O13S2. The number of ketones is 3. The number of fused-ring (bicyclic) bond motifs is 2. The highest BCUT2D eigenvalue weighted by Gasteiger charge is 2.86. The number of carbonyl (C=O) groups excluding carboxylic acids is 8. The number of Topliss-reactive ketones (excluding diaryl/α,β-unsaturated/α-hetero) is 3. The molecule has 21 nitrogen and oxygen atoms in total. The molecule has 11 rings (SSSR count). The van der Waals surface area contributed by atoms with Crippen LogP contribution < -0.4 is 20.5 Å². The van der Waals surface area contributed by atoms with Gasteiger partial charge in [0.05, 0.1) is 35.0 Å². The van der Waals surface area contributed by atoms with Crippen molar-refractivity contribution in [2.45, 2.75) is 261 Å². The summed E-state index contributed by atoms with van der Waals surface area (Å²) in [5, 5.41) is 2.90. The van der Waals surface area contributed by atoms with Crippen LogP contribution in [0.25, 0.3) is 0 Å². The minimum absolute atomic E-state index is 0.0136. The van der Waals surface area contributed by atoms with Crippen LogP contribution in [0.4, 0.5) is 4.79 Å². The lowest BCUT2D eigenvalue weighted by molar-refractivity contribution is -0.146. The first-order valence-electron chi connectivity index (χ1n) is 35.8. The van der Waals surface area contributed by atoms with E-state index in [1.807, 2.05) is 41.5 Å². The third kappa shape index (κ3) is 12.4. The van der Waals surface area contributed by atoms with Gasteiger partial charge in [-0.15, -0.1) is 13.2 Å². The Morgan fingerprint density at radius 3 is 1.28 bits per heavy atom. The number of likely N-dealkylation sites (tertiary alicyclic amines) is 2. The van der Waals surface area contributed by atoms with Crippen molar-refractivity contribution in [3.8, 4) is 0 Å². The highest BCUT2D eigenvalue weighted by atomic mass is 32.2. The van der Waals surface area contributed by atoms with Gasteiger partial charge < -0.3 is 25.6 Å². The van der Waals surface area contributed by atoms with Gasteiger partial charge >= 0.3 is 26.5 Å². The lowest BCUT2D eigenvalue weighted by Crippen LogP contribution is -2.54. The smallest absolute Gasteiger partial charge is 0.408 e. The van der Waals surface area contributed by atoms with Gasteiger partial charge in [0.2, 0.25) is 23.6 Å². The van der Waals surface area contributed by atoms with Gasteiger partial charge in [0, 0.05) is 75.3 Å². The Kier molecular flexibility index (Phi) is 19.2. The van der Waals surface area contributed by atoms with Crippen LogP contribution in [0.15, 0.2) is 25.3 Å². The SMILES string of the molecule is C=C[C@@H]1C[C@]1(CC(=O)[C@@H]1C[C@@]2(CN1C(=O)[C@@H](CC(=O)[C@@H](NC(=O)OC(C)(C)C)C1CCCCC1)C(C)(C)C)C(C)(C)C21CCC1)C(=O)NS(=O)(=O)N1CCCC1.C=C[C@@H]1C[C@]1(CC(=O)[C@@H]1C[C@@]2(CN1C(=O)[C@@H](N)C(C)(C)C)C(C)(C)C21CCC1)C(=O)NS(=O)(=O)N1CCCC1. The van der Waals surface area contributed by atoms with Gasteiger partial charge in [0.25, 0.3) is 0 Å². The van der Waals surface area contributed by atoms with Crippen molar-refractivity contribution in [1.29, 1.82) is 0 Å². The maximum absolute atomic E-state index is 15.2. The molecule has 95 heavy (non-hydrogen) atoms. The Morgan fingerprint density at radius 2 is 0.958 bits per heavy atom. The summed E-state index contributed by atoms with van der Waals surface area (Å²) in [7, 11) is -8.03. The fourth-order valence-electron chi connectivity index (χ4n) is 20.1. The zero-order valence-corrected chi connectivity index (χ0v) is 61.1. The predicted octanol–water partition coefficient (Wildman–Crippen LogP) is 9.25. The molecule has 23 heteroatoms. The molecule has 5 amide bonds. The molecule has 4 heterocycles. The van der Waals surface area contributed by atoms with Gasteiger partial charge in [-0.25, -0.2) is 14.2 Å². The Balaban J connectivity index is 0.000000220. The molecule has 0 bridgehead atoms. The number of rotatable bonds is 21. The number of allylic oxidation sites excluding steroid dienone is 2. The highest BCUT2D eigenvalue weighted by molar-refractivity contribution is 7.88. The number of ether oxygens (including phenoxy) is 1. The minimum Gasteiger partial charge on any atom is -0.444 e. The van der Waals surface area contributed by atoms with E-state index < -0.39 is 95.7 Å². The quantitative estimate of drug-likeness (QED) is 0.0779. The van der Waals surface area contributed by atoms with Crippen LogP contribution in [0.5, 0.6) is 0 Å². The molecule has 0 unspecified atom stereocenters. The van der Waals surface area contributed by atoms with Crippen LogP contribution in [0.3, 0.4) is 0 Å². The predicted molar refractivity (Wildman–Crippen MR) is 361 cm³/mol. The van der Waals surface area contributed by atoms with E-state index in [4.69, 9.17) is 10.5 Å². The number of nitrogens with zero attached hydrogens (tertiary/aromatic N) is 4. The fraction of sp³-hybridized carbons (Fsp3) is 0.833. The van der Waals surface area contributed by atoms with Crippen molar-refractivity contribution < 1.29 is 59.9 Å². The Morgan fingerprint density at radius 1 is 0.558 bits per heavy atom. The van der Waals surface area contributed by atoms with E-state index in [1.165, 1.54) is 8.61 Å². The zero-order chi connectivity index (χ0) is 70.1. The van der Waals surface area contributed by atoms with E-state index in [-0.39, 0.29) is 98.7 Å². The second-order valence-electron chi connectivity index (χ2n) is 35.4. The fourth-order valence-corrected chi connectivity index (χ4v) is 22.7. The van der Waals surface area contributed by atoms with Crippen LogP contribution in [-0.4, -0.2) is 151 Å². The summed E-state index contributed by atoms with van der Waals surface area (Å²) in [5.74, 6) is -3.98. The second-order valence-corrected chi connectivity index (χ2v) is 38.7. The van der Waals surface area contributed by atoms with Gasteiger partial charge in [-0.05, 0) is 161 Å². The lowest BCUT2D eigenvalue weighted by atomic mass is 9.73. The van der Waals surface area contributed by atoms with Crippen molar-refractivity contribution in [3.05, 3.63) is 25.3 Å². The van der Waals surface area contributed by atoms with E-state index >= 15 is 4.79 Å². The van der Waals surface area contributed by atoms with Crippen molar-refractivity contribution in [2.24, 2.45) is 83.6 Å². The first-order valence-corrected chi connectivity index (χ1v) is 38.7. The molecule has 5 N–H and O–H groups in total. The minimum atomic E-state index is -4.06. The van der Waals surface area contributed by atoms with Gasteiger partial charge in [-0.1, -0.05) is 113 Å². The van der Waals surface area contributed by atoms with E-state index in [9.17, 15) is 50.4 Å². The van der Waals surface area contributed by atoms with Crippen molar-refractivity contribution in [3.63, 3.8) is 0 Å². The summed E-state index contributed by atoms with van der Waals surface area (Å²) >= 11 is 0. The third-order valence-corrected chi connectivity index (χ3v) is 30.0. The van der Waals surface area contributed by atoms with Gasteiger partial charge in [0.1, 0.15) is 5.60 Å². The van der Waals surface area contributed by atoms with Gasteiger partial charge in [0.15, 0.2) is 17.3 Å². The number of alkyl carbamates (subject to hydrolysis) is 1. The molecule has 0 aromatic rings. The number of nitrogens with one attached hydrogen (secondary N) is 3. The molecule has 0 aromatic heterocycles. The molecule has 7 saturated carbocycles. The molecule has 11 atom stereocenters. The van der Waals surface area contributed by atoms with Crippen LogP contribution in [0.2, 0.25) is 0 Å². The van der Waals surface area contributed by atoms with E-state index in [0.29, 0.717) is 65.0 Å². The van der Waals surface area contributed by atoms with E-state index in [2.05, 4.69) is 55.6 Å². The zero-order valence-electron chi connectivity index (χ0n) is 59.5. The summed E-state index contributed by atoms with van der Waals surface area (Å²) in [4.78, 5) is 116. The second kappa shape index (κ2) is 24.9. The molecule has 0 aromatic carbocycles. The van der Waals surface area contributed by atoms with Crippen molar-refractivity contribution in [2.75, 3.05) is 39.3 Å². The molecule has 4 saturated heterocycles. The maximum Gasteiger partial charge on any atom is 0.408 e. The van der Waals surface area contributed by atoms with Crippen LogP contribution >= 0.6 is 0 Å². The Bertz CT molecular complexity index is 3340. The number of hydrogen-bond acceptors (Lipinski definition) is 14. The monoisotopic (exact) mass is 1360 g/mol. The summed E-state index contributed by atoms with van der Waals surface area (Å²) in [6, 6.07) is -3.05.